The van der Waals surface area contributed by atoms with E-state index in [-0.39, 0.29) is 5.97 Å². The third kappa shape index (κ3) is 4.10. The largest absolute Gasteiger partial charge is 0.468 e. The molecule has 0 bridgehead atoms. The molecule has 0 heterocycles. The van der Waals surface area contributed by atoms with Gasteiger partial charge in [0.2, 0.25) is 0 Å². The van der Waals surface area contributed by atoms with E-state index in [1.54, 1.807) is 0 Å². The first-order chi connectivity index (χ1) is 8.54. The van der Waals surface area contributed by atoms with E-state index in [2.05, 4.69) is 23.6 Å². The first-order valence-corrected chi connectivity index (χ1v) is 6.71. The first-order valence-electron chi connectivity index (χ1n) is 6.71. The van der Waals surface area contributed by atoms with Gasteiger partial charge in [-0.1, -0.05) is 19.4 Å². The number of carbonyl (C=O) groups is 1. The van der Waals surface area contributed by atoms with Crippen LogP contribution >= 0.6 is 0 Å². The topological polar surface area (TPSA) is 58.6 Å². The number of ether oxygens (including phenoxy) is 1. The highest BCUT2D eigenvalue weighted by molar-refractivity contribution is 5.77. The van der Waals surface area contributed by atoms with E-state index in [1.165, 1.54) is 19.6 Å². The van der Waals surface area contributed by atoms with Crippen molar-refractivity contribution in [2.75, 3.05) is 13.7 Å². The third-order valence-corrected chi connectivity index (χ3v) is 3.96. The summed E-state index contributed by atoms with van der Waals surface area (Å²) in [7, 11) is 1.35. The normalized spacial score (nSPS) is 29.6. The quantitative estimate of drug-likeness (QED) is 0.559. The van der Waals surface area contributed by atoms with Gasteiger partial charge in [-0.25, -0.2) is 0 Å². The summed E-state index contributed by atoms with van der Waals surface area (Å²) in [6.07, 6.45) is 6.40. The van der Waals surface area contributed by atoms with Crippen LogP contribution in [0.25, 0.3) is 0 Å². The number of aliphatic hydroxyl groups is 1. The second kappa shape index (κ2) is 6.90. The summed E-state index contributed by atoms with van der Waals surface area (Å²) in [5.74, 6) is 0.372. The van der Waals surface area contributed by atoms with Gasteiger partial charge in [0.25, 0.3) is 0 Å². The number of carbonyl (C=O) groups excluding carboxylic acids is 1. The van der Waals surface area contributed by atoms with Crippen molar-refractivity contribution in [3.05, 3.63) is 12.7 Å². The Morgan fingerprint density at radius 3 is 2.67 bits per heavy atom. The number of rotatable bonds is 6. The molecule has 0 radical (unpaired) electrons. The molecule has 0 spiro atoms. The summed E-state index contributed by atoms with van der Waals surface area (Å²) >= 11 is 0. The fourth-order valence-electron chi connectivity index (χ4n) is 2.49. The van der Waals surface area contributed by atoms with Crippen LogP contribution in [0.5, 0.6) is 0 Å². The van der Waals surface area contributed by atoms with Gasteiger partial charge in [-0.3, -0.25) is 10.1 Å². The summed E-state index contributed by atoms with van der Waals surface area (Å²) in [4.78, 5) is 11.4. The molecule has 0 amide bonds. The van der Waals surface area contributed by atoms with Crippen LogP contribution in [0, 0.1) is 5.92 Å². The zero-order chi connectivity index (χ0) is 13.6. The van der Waals surface area contributed by atoms with Crippen LogP contribution in [-0.2, 0) is 9.53 Å². The highest BCUT2D eigenvalue weighted by Crippen LogP contribution is 2.33. The second-order valence-corrected chi connectivity index (χ2v) is 5.19. The molecule has 0 saturated heterocycles. The second-order valence-electron chi connectivity index (χ2n) is 5.19. The molecule has 1 saturated carbocycles. The molecule has 1 unspecified atom stereocenters. The van der Waals surface area contributed by atoms with Crippen LogP contribution < -0.4 is 5.32 Å². The van der Waals surface area contributed by atoms with Gasteiger partial charge < -0.3 is 9.84 Å². The summed E-state index contributed by atoms with van der Waals surface area (Å²) in [5, 5.41) is 13.5. The molecular weight excluding hydrogens is 230 g/mol. The molecule has 1 rings (SSSR count). The maximum Gasteiger partial charge on any atom is 0.326 e. The molecule has 0 aliphatic heterocycles. The molecule has 0 aromatic heterocycles. The molecule has 1 aliphatic carbocycles. The number of hydrogen-bond acceptors (Lipinski definition) is 4. The van der Waals surface area contributed by atoms with E-state index in [0.29, 0.717) is 6.54 Å². The number of nitrogens with one attached hydrogen (secondary N) is 1. The van der Waals surface area contributed by atoms with Gasteiger partial charge in [0, 0.05) is 6.54 Å². The Kier molecular flexibility index (Phi) is 5.82. The molecular formula is C14H25NO3. The average Bonchev–Trinajstić information content (AvgIpc) is 2.40. The third-order valence-electron chi connectivity index (χ3n) is 3.96. The first kappa shape index (κ1) is 15.2. The standard InChI is InChI=1S/C14H25NO3/c1-4-11-6-8-14(17,9-7-11)10-15-12(5-2)13(16)18-3/h5,11-12,15,17H,2,4,6-10H2,1,3H3. The van der Waals surface area contributed by atoms with Crippen molar-refractivity contribution in [1.82, 2.24) is 5.32 Å². The van der Waals surface area contributed by atoms with Gasteiger partial charge in [-0.05, 0) is 31.6 Å². The fourth-order valence-corrected chi connectivity index (χ4v) is 2.49. The number of hydrogen-bond donors (Lipinski definition) is 2. The lowest BCUT2D eigenvalue weighted by Gasteiger charge is -2.36. The Morgan fingerprint density at radius 1 is 1.61 bits per heavy atom. The number of methoxy groups -OCH3 is 1. The minimum atomic E-state index is -0.694. The molecule has 2 N–H and O–H groups in total. The van der Waals surface area contributed by atoms with Gasteiger partial charge in [-0.15, -0.1) is 6.58 Å². The Bertz CT molecular complexity index is 283. The maximum atomic E-state index is 11.4. The predicted octanol–water partition coefficient (Wildman–Crippen LogP) is 1.63. The Balaban J connectivity index is 2.42. The molecule has 0 aromatic carbocycles. The molecule has 18 heavy (non-hydrogen) atoms. The molecule has 4 nitrogen and oxygen atoms in total. The predicted molar refractivity (Wildman–Crippen MR) is 71.2 cm³/mol. The highest BCUT2D eigenvalue weighted by Gasteiger charge is 2.33. The van der Waals surface area contributed by atoms with Gasteiger partial charge in [-0.2, -0.15) is 0 Å². The Morgan fingerprint density at radius 2 is 2.22 bits per heavy atom. The zero-order valence-electron chi connectivity index (χ0n) is 11.4. The SMILES string of the molecule is C=CC(NCC1(O)CCC(CC)CC1)C(=O)OC. The smallest absolute Gasteiger partial charge is 0.326 e. The monoisotopic (exact) mass is 255 g/mol. The van der Waals surface area contributed by atoms with Crippen LogP contribution in [0.3, 0.4) is 0 Å². The van der Waals surface area contributed by atoms with E-state index < -0.39 is 11.6 Å². The van der Waals surface area contributed by atoms with Gasteiger partial charge in [0.15, 0.2) is 0 Å². The van der Waals surface area contributed by atoms with E-state index >= 15 is 0 Å². The van der Waals surface area contributed by atoms with Crippen molar-refractivity contribution >= 4 is 5.97 Å². The van der Waals surface area contributed by atoms with Crippen molar-refractivity contribution in [3.8, 4) is 0 Å². The van der Waals surface area contributed by atoms with E-state index in [4.69, 9.17) is 0 Å². The Hall–Kier alpha value is -0.870. The van der Waals surface area contributed by atoms with Crippen LogP contribution in [0.4, 0.5) is 0 Å². The van der Waals surface area contributed by atoms with Gasteiger partial charge in [0.05, 0.1) is 12.7 Å². The van der Waals surface area contributed by atoms with Crippen molar-refractivity contribution in [2.45, 2.75) is 50.7 Å². The summed E-state index contributed by atoms with van der Waals surface area (Å²) in [6, 6.07) is -0.539. The van der Waals surface area contributed by atoms with Crippen LogP contribution in [0.15, 0.2) is 12.7 Å². The number of esters is 1. The van der Waals surface area contributed by atoms with E-state index in [1.807, 2.05) is 0 Å². The molecule has 104 valence electrons. The van der Waals surface area contributed by atoms with Gasteiger partial charge >= 0.3 is 5.97 Å². The Labute approximate surface area is 109 Å². The average molecular weight is 255 g/mol. The summed E-state index contributed by atoms with van der Waals surface area (Å²) in [5.41, 5.74) is -0.694. The molecule has 0 aromatic rings. The van der Waals surface area contributed by atoms with Crippen LogP contribution in [0.1, 0.15) is 39.0 Å². The minimum absolute atomic E-state index is 0.365. The minimum Gasteiger partial charge on any atom is -0.468 e. The lowest BCUT2D eigenvalue weighted by Crippen LogP contribution is -2.48. The summed E-state index contributed by atoms with van der Waals surface area (Å²) in [6.45, 7) is 6.20. The van der Waals surface area contributed by atoms with Crippen molar-refractivity contribution < 1.29 is 14.6 Å². The van der Waals surface area contributed by atoms with Crippen molar-refractivity contribution in [2.24, 2.45) is 5.92 Å². The highest BCUT2D eigenvalue weighted by atomic mass is 16.5. The van der Waals surface area contributed by atoms with Crippen molar-refractivity contribution in [1.29, 1.82) is 0 Å². The zero-order valence-corrected chi connectivity index (χ0v) is 11.4. The fraction of sp³-hybridized carbons (Fsp3) is 0.786. The molecule has 4 heteroatoms. The lowest BCUT2D eigenvalue weighted by molar-refractivity contribution is -0.142. The molecule has 1 fully saturated rings. The summed E-state index contributed by atoms with van der Waals surface area (Å²) < 4.78 is 4.66. The van der Waals surface area contributed by atoms with Gasteiger partial charge in [0.1, 0.15) is 6.04 Å². The lowest BCUT2D eigenvalue weighted by atomic mass is 9.78. The molecule has 1 atom stereocenters. The van der Waals surface area contributed by atoms with Crippen molar-refractivity contribution in [3.63, 3.8) is 0 Å². The van der Waals surface area contributed by atoms with Crippen LogP contribution in [-0.4, -0.2) is 36.4 Å². The molecule has 1 aliphatic rings. The van der Waals surface area contributed by atoms with E-state index in [9.17, 15) is 9.90 Å². The van der Waals surface area contributed by atoms with E-state index in [0.717, 1.165) is 31.6 Å². The maximum absolute atomic E-state index is 11.4. The van der Waals surface area contributed by atoms with Crippen LogP contribution in [0.2, 0.25) is 0 Å².